The van der Waals surface area contributed by atoms with Crippen LogP contribution in [0.2, 0.25) is 0 Å². The lowest BCUT2D eigenvalue weighted by molar-refractivity contribution is -0.160. The van der Waals surface area contributed by atoms with E-state index in [4.69, 9.17) is 4.74 Å². The number of anilines is 1. The maximum atomic E-state index is 13.3. The quantitative estimate of drug-likeness (QED) is 0.403. The Kier molecular flexibility index (Phi) is 5.54. The van der Waals surface area contributed by atoms with Gasteiger partial charge in [-0.2, -0.15) is 0 Å². The van der Waals surface area contributed by atoms with Crippen molar-refractivity contribution in [2.75, 3.05) is 11.9 Å². The van der Waals surface area contributed by atoms with Gasteiger partial charge in [-0.25, -0.2) is 4.79 Å². The second-order valence-corrected chi connectivity index (χ2v) is 8.77. The number of esters is 1. The molecule has 0 radical (unpaired) electrons. The number of para-hydroxylation sites is 1. The smallest absolute Gasteiger partial charge is 0.330 e. The molecule has 7 heteroatoms. The predicted octanol–water partition coefficient (Wildman–Crippen LogP) is 2.59. The van der Waals surface area contributed by atoms with Gasteiger partial charge in [-0.15, -0.1) is 0 Å². The fourth-order valence-electron chi connectivity index (χ4n) is 5.30. The van der Waals surface area contributed by atoms with Gasteiger partial charge in [-0.05, 0) is 36.0 Å². The third kappa shape index (κ3) is 3.95. The summed E-state index contributed by atoms with van der Waals surface area (Å²) in [6.07, 6.45) is 4.98. The zero-order chi connectivity index (χ0) is 22.9. The lowest BCUT2D eigenvalue weighted by Gasteiger charge is -2.26. The van der Waals surface area contributed by atoms with Gasteiger partial charge in [0.2, 0.25) is 11.8 Å². The number of nitrogens with zero attached hydrogens (tertiary/aromatic N) is 1. The van der Waals surface area contributed by atoms with Crippen LogP contribution in [-0.4, -0.2) is 41.2 Å². The molecule has 0 unspecified atom stereocenters. The Morgan fingerprint density at radius 1 is 0.909 bits per heavy atom. The number of allylic oxidation sites excluding steroid dienone is 2. The SMILES string of the molecule is O=C(COC(=O)[C@H](Cc1ccccc1)N1C(=O)[C@H]2[C@H](C1=O)[C@H]1C=C[C@H]2C1)Nc1ccccc1. The Morgan fingerprint density at radius 3 is 2.09 bits per heavy atom. The number of rotatable bonds is 7. The third-order valence-electron chi connectivity index (χ3n) is 6.76. The van der Waals surface area contributed by atoms with Crippen molar-refractivity contribution in [3.63, 3.8) is 0 Å². The number of hydrogen-bond acceptors (Lipinski definition) is 5. The zero-order valence-electron chi connectivity index (χ0n) is 17.9. The average molecular weight is 444 g/mol. The number of nitrogens with one attached hydrogen (secondary N) is 1. The van der Waals surface area contributed by atoms with E-state index in [1.807, 2.05) is 48.6 Å². The van der Waals surface area contributed by atoms with Crippen LogP contribution < -0.4 is 5.32 Å². The van der Waals surface area contributed by atoms with E-state index < -0.39 is 36.4 Å². The topological polar surface area (TPSA) is 92.8 Å². The number of fused-ring (bicyclic) bond motifs is 5. The van der Waals surface area contributed by atoms with Gasteiger partial charge >= 0.3 is 5.97 Å². The second-order valence-electron chi connectivity index (χ2n) is 8.77. The molecular formula is C26H24N2O5. The van der Waals surface area contributed by atoms with Gasteiger partial charge in [-0.3, -0.25) is 19.3 Å². The summed E-state index contributed by atoms with van der Waals surface area (Å²) in [6.45, 7) is -0.505. The molecule has 5 atom stereocenters. The molecule has 2 aromatic rings. The van der Waals surface area contributed by atoms with Gasteiger partial charge in [0.05, 0.1) is 11.8 Å². The number of imide groups is 1. The summed E-state index contributed by atoms with van der Waals surface area (Å²) in [5, 5.41) is 2.65. The highest BCUT2D eigenvalue weighted by molar-refractivity contribution is 6.09. The Labute approximate surface area is 191 Å². The fourth-order valence-corrected chi connectivity index (χ4v) is 5.30. The number of carbonyl (C=O) groups excluding carboxylic acids is 4. The number of amides is 3. The molecule has 0 spiro atoms. The van der Waals surface area contributed by atoms with Crippen molar-refractivity contribution in [1.29, 1.82) is 0 Å². The summed E-state index contributed by atoms with van der Waals surface area (Å²) in [6, 6.07) is 16.9. The number of carbonyl (C=O) groups is 4. The standard InChI is InChI=1S/C26H24N2O5/c29-21(27-19-9-5-2-6-10-19)15-33-26(32)20(13-16-7-3-1-4-8-16)28-24(30)22-17-11-12-18(14-17)23(22)25(28)31/h1-12,17-18,20,22-23H,13-15H2,(H,27,29)/t17-,18-,20-,22+,23+/m0/s1. The second kappa shape index (κ2) is 8.65. The Morgan fingerprint density at radius 2 is 1.48 bits per heavy atom. The Bertz CT molecular complexity index is 1080. The van der Waals surface area contributed by atoms with Crippen molar-refractivity contribution in [2.24, 2.45) is 23.7 Å². The minimum absolute atomic E-state index is 0.0477. The van der Waals surface area contributed by atoms with Gasteiger partial charge in [0.15, 0.2) is 6.61 Å². The lowest BCUT2D eigenvalue weighted by Crippen LogP contribution is -2.48. The Hall–Kier alpha value is -3.74. The maximum absolute atomic E-state index is 13.3. The molecule has 3 amide bonds. The molecule has 1 heterocycles. The molecule has 33 heavy (non-hydrogen) atoms. The number of hydrogen-bond donors (Lipinski definition) is 1. The molecule has 1 saturated heterocycles. The van der Waals surface area contributed by atoms with E-state index in [0.29, 0.717) is 5.69 Å². The highest BCUT2D eigenvalue weighted by Gasteiger charge is 2.61. The molecule has 1 N–H and O–H groups in total. The van der Waals surface area contributed by atoms with Crippen LogP contribution in [0.15, 0.2) is 72.8 Å². The normalized spacial score (nSPS) is 25.8. The summed E-state index contributed by atoms with van der Waals surface area (Å²) in [7, 11) is 0. The highest BCUT2D eigenvalue weighted by atomic mass is 16.5. The van der Waals surface area contributed by atoms with Gasteiger partial charge in [-0.1, -0.05) is 60.7 Å². The third-order valence-corrected chi connectivity index (χ3v) is 6.76. The van der Waals surface area contributed by atoms with E-state index in [1.165, 1.54) is 0 Å². The average Bonchev–Trinajstić information content (AvgIpc) is 3.51. The number of likely N-dealkylation sites (tertiary alicyclic amines) is 1. The van der Waals surface area contributed by atoms with Crippen LogP contribution in [0, 0.1) is 23.7 Å². The van der Waals surface area contributed by atoms with Gasteiger partial charge < -0.3 is 10.1 Å². The van der Waals surface area contributed by atoms with Gasteiger partial charge in [0.25, 0.3) is 5.91 Å². The molecule has 2 fully saturated rings. The van der Waals surface area contributed by atoms with Crippen LogP contribution in [0.1, 0.15) is 12.0 Å². The van der Waals surface area contributed by atoms with Crippen LogP contribution in [0.5, 0.6) is 0 Å². The van der Waals surface area contributed by atoms with Gasteiger partial charge in [0, 0.05) is 12.1 Å². The number of benzene rings is 2. The minimum atomic E-state index is -1.11. The summed E-state index contributed by atoms with van der Waals surface area (Å²) in [4.78, 5) is 53.1. The van der Waals surface area contributed by atoms with Crippen molar-refractivity contribution < 1.29 is 23.9 Å². The van der Waals surface area contributed by atoms with Crippen molar-refractivity contribution in [3.8, 4) is 0 Å². The molecule has 2 aliphatic carbocycles. The van der Waals surface area contributed by atoms with Crippen molar-refractivity contribution in [1.82, 2.24) is 4.90 Å². The lowest BCUT2D eigenvalue weighted by atomic mass is 9.85. The van der Waals surface area contributed by atoms with Crippen molar-refractivity contribution in [3.05, 3.63) is 78.4 Å². The van der Waals surface area contributed by atoms with E-state index in [2.05, 4.69) is 5.32 Å². The molecule has 0 aromatic heterocycles. The molecule has 1 saturated carbocycles. The largest absolute Gasteiger partial charge is 0.454 e. The first-order valence-corrected chi connectivity index (χ1v) is 11.1. The first-order valence-electron chi connectivity index (χ1n) is 11.1. The van der Waals surface area contributed by atoms with Crippen LogP contribution in [0.4, 0.5) is 5.69 Å². The van der Waals surface area contributed by atoms with E-state index in [-0.39, 0.29) is 30.1 Å². The molecular weight excluding hydrogens is 420 g/mol. The highest BCUT2D eigenvalue weighted by Crippen LogP contribution is 2.53. The van der Waals surface area contributed by atoms with E-state index in [0.717, 1.165) is 16.9 Å². The molecule has 7 nitrogen and oxygen atoms in total. The van der Waals surface area contributed by atoms with Crippen LogP contribution in [-0.2, 0) is 30.3 Å². The summed E-state index contributed by atoms with van der Waals surface area (Å²) >= 11 is 0. The molecule has 1 aliphatic heterocycles. The van der Waals surface area contributed by atoms with Gasteiger partial charge in [0.1, 0.15) is 6.04 Å². The maximum Gasteiger partial charge on any atom is 0.330 e. The van der Waals surface area contributed by atoms with E-state index in [9.17, 15) is 19.2 Å². The van der Waals surface area contributed by atoms with E-state index in [1.54, 1.807) is 24.3 Å². The predicted molar refractivity (Wildman–Crippen MR) is 120 cm³/mol. The summed E-state index contributed by atoms with van der Waals surface area (Å²) in [5.74, 6) is -2.59. The zero-order valence-corrected chi connectivity index (χ0v) is 17.9. The Balaban J connectivity index is 1.33. The summed E-state index contributed by atoms with van der Waals surface area (Å²) in [5.41, 5.74) is 1.38. The van der Waals surface area contributed by atoms with Crippen molar-refractivity contribution in [2.45, 2.75) is 18.9 Å². The number of ether oxygens (including phenoxy) is 1. The van der Waals surface area contributed by atoms with Crippen molar-refractivity contribution >= 4 is 29.4 Å². The minimum Gasteiger partial charge on any atom is -0.454 e. The fraction of sp³-hybridized carbons (Fsp3) is 0.308. The van der Waals surface area contributed by atoms with Crippen LogP contribution >= 0.6 is 0 Å². The molecule has 5 rings (SSSR count). The van der Waals surface area contributed by atoms with Crippen LogP contribution in [0.3, 0.4) is 0 Å². The molecule has 2 bridgehead atoms. The van der Waals surface area contributed by atoms with E-state index >= 15 is 0 Å². The van der Waals surface area contributed by atoms with Crippen LogP contribution in [0.25, 0.3) is 0 Å². The first-order chi connectivity index (χ1) is 16.0. The molecule has 3 aliphatic rings. The molecule has 168 valence electrons. The first kappa shape index (κ1) is 21.1. The molecule has 2 aromatic carbocycles. The summed E-state index contributed by atoms with van der Waals surface area (Å²) < 4.78 is 5.30. The monoisotopic (exact) mass is 444 g/mol.